The molecule has 0 fully saturated rings. The molecule has 146 valence electrons. The number of hydrogen-bond acceptors (Lipinski definition) is 4. The summed E-state index contributed by atoms with van der Waals surface area (Å²) in [4.78, 5) is 12.2. The molecule has 0 spiro atoms. The molecule has 0 saturated carbocycles. The molecule has 6 heteroatoms. The topological polar surface area (TPSA) is 68.8 Å². The lowest BCUT2D eigenvalue weighted by atomic mass is 10.1. The van der Waals surface area contributed by atoms with Crippen molar-refractivity contribution in [2.45, 2.75) is 20.3 Å². The van der Waals surface area contributed by atoms with Crippen LogP contribution in [-0.4, -0.2) is 33.4 Å². The maximum absolute atomic E-state index is 12.2. The molecule has 0 saturated heterocycles. The van der Waals surface area contributed by atoms with Crippen LogP contribution in [0.5, 0.6) is 17.2 Å². The van der Waals surface area contributed by atoms with Gasteiger partial charge in [0.15, 0.2) is 11.5 Å². The van der Waals surface area contributed by atoms with Crippen LogP contribution in [0.25, 0.3) is 0 Å². The Hall–Kier alpha value is -2.89. The highest BCUT2D eigenvalue weighted by molar-refractivity contribution is 5.90. The van der Waals surface area contributed by atoms with Gasteiger partial charge in [-0.2, -0.15) is 0 Å². The minimum Gasteiger partial charge on any atom is -0.493 e. The van der Waals surface area contributed by atoms with E-state index >= 15 is 0 Å². The summed E-state index contributed by atoms with van der Waals surface area (Å²) < 4.78 is 16.3. The zero-order chi connectivity index (χ0) is 19.6. The Morgan fingerprint density at radius 1 is 1.00 bits per heavy atom. The number of rotatable bonds is 9. The fourth-order valence-electron chi connectivity index (χ4n) is 2.48. The molecule has 27 heavy (non-hydrogen) atoms. The molecule has 2 N–H and O–H groups in total. The monoisotopic (exact) mass is 372 g/mol. The highest BCUT2D eigenvalue weighted by Gasteiger charge is 2.09. The van der Waals surface area contributed by atoms with E-state index in [0.717, 1.165) is 5.56 Å². The fourth-order valence-corrected chi connectivity index (χ4v) is 2.48. The summed E-state index contributed by atoms with van der Waals surface area (Å²) in [6, 6.07) is 12.9. The largest absolute Gasteiger partial charge is 0.493 e. The molecule has 2 amide bonds. The third kappa shape index (κ3) is 6.40. The van der Waals surface area contributed by atoms with Gasteiger partial charge < -0.3 is 24.8 Å². The maximum atomic E-state index is 12.2. The first kappa shape index (κ1) is 20.4. The van der Waals surface area contributed by atoms with Crippen molar-refractivity contribution < 1.29 is 19.0 Å². The van der Waals surface area contributed by atoms with E-state index < -0.39 is 0 Å². The van der Waals surface area contributed by atoms with Crippen molar-refractivity contribution >= 4 is 11.7 Å². The third-order valence-corrected chi connectivity index (χ3v) is 3.85. The molecule has 2 rings (SSSR count). The van der Waals surface area contributed by atoms with E-state index in [1.165, 1.54) is 0 Å². The van der Waals surface area contributed by atoms with Crippen molar-refractivity contribution in [3.8, 4) is 17.2 Å². The van der Waals surface area contributed by atoms with Crippen molar-refractivity contribution in [2.75, 3.05) is 32.7 Å². The highest BCUT2D eigenvalue weighted by Crippen LogP contribution is 2.27. The van der Waals surface area contributed by atoms with E-state index in [1.54, 1.807) is 14.2 Å². The van der Waals surface area contributed by atoms with E-state index in [1.807, 2.05) is 42.5 Å². The first-order chi connectivity index (χ1) is 13.0. The van der Waals surface area contributed by atoms with Crippen molar-refractivity contribution in [2.24, 2.45) is 5.92 Å². The van der Waals surface area contributed by atoms with Gasteiger partial charge in [-0.25, -0.2) is 4.79 Å². The summed E-state index contributed by atoms with van der Waals surface area (Å²) in [5.74, 6) is 2.44. The van der Waals surface area contributed by atoms with Crippen LogP contribution < -0.4 is 24.8 Å². The molecule has 2 aromatic rings. The number of carbonyl (C=O) groups excluding carboxylic acids is 1. The number of anilines is 1. The van der Waals surface area contributed by atoms with Gasteiger partial charge in [0.2, 0.25) is 0 Å². The standard InChI is InChI=1S/C21H28N2O4/c1-15(2)14-27-18-8-6-5-7-17(18)23-21(24)22-12-11-16-9-10-19(25-3)20(13-16)26-4/h5-10,13,15H,11-12,14H2,1-4H3,(H2,22,23,24). The van der Waals surface area contributed by atoms with E-state index in [0.29, 0.717) is 48.4 Å². The molecule has 0 radical (unpaired) electrons. The van der Waals surface area contributed by atoms with Gasteiger partial charge >= 0.3 is 6.03 Å². The van der Waals surface area contributed by atoms with Crippen LogP contribution in [0.15, 0.2) is 42.5 Å². The van der Waals surface area contributed by atoms with Crippen molar-refractivity contribution in [1.29, 1.82) is 0 Å². The minimum atomic E-state index is -0.268. The number of para-hydroxylation sites is 2. The third-order valence-electron chi connectivity index (χ3n) is 3.85. The summed E-state index contributed by atoms with van der Waals surface area (Å²) in [6.07, 6.45) is 0.680. The molecule has 6 nitrogen and oxygen atoms in total. The number of hydrogen-bond donors (Lipinski definition) is 2. The number of amides is 2. The van der Waals surface area contributed by atoms with Crippen molar-refractivity contribution in [3.05, 3.63) is 48.0 Å². The van der Waals surface area contributed by atoms with Crippen LogP contribution >= 0.6 is 0 Å². The Morgan fingerprint density at radius 2 is 1.74 bits per heavy atom. The molecule has 0 aromatic heterocycles. The molecule has 0 unspecified atom stereocenters. The van der Waals surface area contributed by atoms with Gasteiger partial charge in [-0.05, 0) is 42.2 Å². The summed E-state index contributed by atoms with van der Waals surface area (Å²) >= 11 is 0. The lowest BCUT2D eigenvalue weighted by Gasteiger charge is -2.14. The average molecular weight is 372 g/mol. The van der Waals surface area contributed by atoms with Gasteiger partial charge in [-0.15, -0.1) is 0 Å². The van der Waals surface area contributed by atoms with Crippen LogP contribution in [0.4, 0.5) is 10.5 Å². The number of ether oxygens (including phenoxy) is 3. The molecule has 0 aliphatic carbocycles. The Balaban J connectivity index is 1.86. The molecular weight excluding hydrogens is 344 g/mol. The number of urea groups is 1. The first-order valence-corrected chi connectivity index (χ1v) is 9.01. The summed E-state index contributed by atoms with van der Waals surface area (Å²) in [6.45, 7) is 5.25. The van der Waals surface area contributed by atoms with E-state index in [2.05, 4.69) is 24.5 Å². The zero-order valence-corrected chi connectivity index (χ0v) is 16.4. The van der Waals surface area contributed by atoms with Gasteiger partial charge in [0.25, 0.3) is 0 Å². The number of benzene rings is 2. The molecule has 0 aliphatic heterocycles. The van der Waals surface area contributed by atoms with E-state index in [4.69, 9.17) is 14.2 Å². The van der Waals surface area contributed by atoms with E-state index in [9.17, 15) is 4.79 Å². The fraction of sp³-hybridized carbons (Fsp3) is 0.381. The molecule has 0 atom stereocenters. The summed E-state index contributed by atoms with van der Waals surface area (Å²) in [7, 11) is 3.21. The molecule has 0 heterocycles. The van der Waals surface area contributed by atoms with Gasteiger partial charge in [0, 0.05) is 6.54 Å². The second-order valence-corrected chi connectivity index (χ2v) is 6.52. The van der Waals surface area contributed by atoms with Crippen LogP contribution in [-0.2, 0) is 6.42 Å². The predicted octanol–water partition coefficient (Wildman–Crippen LogP) is 4.10. The van der Waals surface area contributed by atoms with Crippen LogP contribution in [0, 0.1) is 5.92 Å². The Kier molecular flexibility index (Phi) is 7.79. The van der Waals surface area contributed by atoms with Gasteiger partial charge in [-0.1, -0.05) is 32.0 Å². The smallest absolute Gasteiger partial charge is 0.319 e. The molecule has 0 aliphatic rings. The highest BCUT2D eigenvalue weighted by atomic mass is 16.5. The summed E-state index contributed by atoms with van der Waals surface area (Å²) in [5, 5.41) is 5.70. The Morgan fingerprint density at radius 3 is 2.44 bits per heavy atom. The molecule has 0 bridgehead atoms. The predicted molar refractivity (Wildman–Crippen MR) is 107 cm³/mol. The van der Waals surface area contributed by atoms with Crippen LogP contribution in [0.1, 0.15) is 19.4 Å². The van der Waals surface area contributed by atoms with Crippen molar-refractivity contribution in [1.82, 2.24) is 5.32 Å². The average Bonchev–Trinajstić information content (AvgIpc) is 2.67. The van der Waals surface area contributed by atoms with Crippen LogP contribution in [0.2, 0.25) is 0 Å². The van der Waals surface area contributed by atoms with Gasteiger partial charge in [-0.3, -0.25) is 0 Å². The minimum absolute atomic E-state index is 0.268. The molecule has 2 aromatic carbocycles. The van der Waals surface area contributed by atoms with Crippen LogP contribution in [0.3, 0.4) is 0 Å². The quantitative estimate of drug-likeness (QED) is 0.695. The lowest BCUT2D eigenvalue weighted by molar-refractivity contribution is 0.251. The second-order valence-electron chi connectivity index (χ2n) is 6.52. The second kappa shape index (κ2) is 10.3. The van der Waals surface area contributed by atoms with Crippen molar-refractivity contribution in [3.63, 3.8) is 0 Å². The number of carbonyl (C=O) groups is 1. The number of nitrogens with one attached hydrogen (secondary N) is 2. The number of methoxy groups -OCH3 is 2. The summed E-state index contributed by atoms with van der Waals surface area (Å²) in [5.41, 5.74) is 1.70. The zero-order valence-electron chi connectivity index (χ0n) is 16.4. The van der Waals surface area contributed by atoms with Gasteiger partial charge in [0.1, 0.15) is 5.75 Å². The normalized spacial score (nSPS) is 10.4. The van der Waals surface area contributed by atoms with Gasteiger partial charge in [0.05, 0.1) is 26.5 Å². The lowest BCUT2D eigenvalue weighted by Crippen LogP contribution is -2.30. The Labute approximate surface area is 160 Å². The first-order valence-electron chi connectivity index (χ1n) is 9.01. The SMILES string of the molecule is COc1ccc(CCNC(=O)Nc2ccccc2OCC(C)C)cc1OC. The van der Waals surface area contributed by atoms with E-state index in [-0.39, 0.29) is 6.03 Å². The molecular formula is C21H28N2O4. The Bertz CT molecular complexity index is 747. The maximum Gasteiger partial charge on any atom is 0.319 e.